The van der Waals surface area contributed by atoms with Gasteiger partial charge in [0.2, 0.25) is 0 Å². The first-order valence-corrected chi connectivity index (χ1v) is 8.63. The van der Waals surface area contributed by atoms with E-state index in [0.717, 1.165) is 47.4 Å². The summed E-state index contributed by atoms with van der Waals surface area (Å²) in [5, 5.41) is 10.7. The van der Waals surface area contributed by atoms with Gasteiger partial charge in [-0.3, -0.25) is 0 Å². The topological polar surface area (TPSA) is 71.7 Å². The first-order chi connectivity index (χ1) is 12.1. The lowest BCUT2D eigenvalue weighted by molar-refractivity contribution is 0.391. The highest BCUT2D eigenvalue weighted by Crippen LogP contribution is 2.22. The van der Waals surface area contributed by atoms with Crippen LogP contribution in [0.1, 0.15) is 42.3 Å². The van der Waals surface area contributed by atoms with Crippen molar-refractivity contribution in [2.45, 2.75) is 40.2 Å². The van der Waals surface area contributed by atoms with E-state index in [-0.39, 0.29) is 29.9 Å². The van der Waals surface area contributed by atoms with Crippen molar-refractivity contribution in [2.75, 3.05) is 20.2 Å². The van der Waals surface area contributed by atoms with Crippen molar-refractivity contribution >= 4 is 29.9 Å². The number of aryl methyl sites for hydroxylation is 2. The van der Waals surface area contributed by atoms with Crippen LogP contribution in [-0.2, 0) is 6.54 Å². The molecule has 2 N–H and O–H groups in total. The van der Waals surface area contributed by atoms with Crippen LogP contribution in [-0.4, -0.2) is 31.3 Å². The number of nitrogens with zero attached hydrogens (tertiary/aromatic N) is 2. The van der Waals surface area contributed by atoms with E-state index in [0.29, 0.717) is 6.54 Å². The fourth-order valence-corrected chi connectivity index (χ4v) is 2.89. The molecular formula is C19H29IN4O2. The highest BCUT2D eigenvalue weighted by molar-refractivity contribution is 14.0. The molecule has 0 amide bonds. The fraction of sp³-hybridized carbons (Fsp3) is 0.474. The molecule has 6 nitrogen and oxygen atoms in total. The quantitative estimate of drug-likeness (QED) is 0.365. The van der Waals surface area contributed by atoms with Crippen LogP contribution in [0.5, 0.6) is 5.75 Å². The summed E-state index contributed by atoms with van der Waals surface area (Å²) in [6.07, 6.45) is 0. The molecule has 0 aliphatic rings. The van der Waals surface area contributed by atoms with Gasteiger partial charge in [-0.15, -0.1) is 24.0 Å². The van der Waals surface area contributed by atoms with Gasteiger partial charge in [0.25, 0.3) is 0 Å². The number of benzene rings is 1. The van der Waals surface area contributed by atoms with Gasteiger partial charge in [0, 0.05) is 30.1 Å². The molecule has 0 aliphatic carbocycles. The Labute approximate surface area is 172 Å². The summed E-state index contributed by atoms with van der Waals surface area (Å²) in [5.41, 5.74) is 3.16. The maximum atomic E-state index is 5.38. The summed E-state index contributed by atoms with van der Waals surface area (Å²) in [7, 11) is 1.68. The van der Waals surface area contributed by atoms with Gasteiger partial charge < -0.3 is 19.9 Å². The highest BCUT2D eigenvalue weighted by atomic mass is 127. The molecule has 0 aliphatic heterocycles. The van der Waals surface area contributed by atoms with E-state index in [4.69, 9.17) is 9.26 Å². The number of guanidine groups is 1. The van der Waals surface area contributed by atoms with Crippen LogP contribution in [0.25, 0.3) is 0 Å². The number of hydrogen-bond donors (Lipinski definition) is 2. The number of nitrogens with one attached hydrogen (secondary N) is 2. The minimum atomic E-state index is 0. The van der Waals surface area contributed by atoms with Crippen molar-refractivity contribution in [3.05, 3.63) is 46.8 Å². The number of methoxy groups -OCH3 is 1. The van der Waals surface area contributed by atoms with Gasteiger partial charge in [0.05, 0.1) is 19.3 Å². The summed E-state index contributed by atoms with van der Waals surface area (Å²) >= 11 is 0. The third kappa shape index (κ3) is 5.89. The molecule has 1 heterocycles. The SMILES string of the molecule is CCNC(=NCc1ccccc1OC)NCC(C)c1c(C)noc1C.I. The molecule has 1 aromatic heterocycles. The molecule has 26 heavy (non-hydrogen) atoms. The minimum Gasteiger partial charge on any atom is -0.496 e. The number of aliphatic imine (C=N–C) groups is 1. The number of para-hydroxylation sites is 1. The van der Waals surface area contributed by atoms with Crippen molar-refractivity contribution in [3.63, 3.8) is 0 Å². The smallest absolute Gasteiger partial charge is 0.191 e. The Bertz CT molecular complexity index is 696. The van der Waals surface area contributed by atoms with Crippen molar-refractivity contribution in [1.82, 2.24) is 15.8 Å². The summed E-state index contributed by atoms with van der Waals surface area (Å²) in [6, 6.07) is 7.93. The molecule has 0 radical (unpaired) electrons. The van der Waals surface area contributed by atoms with Crippen LogP contribution < -0.4 is 15.4 Å². The molecule has 1 aromatic carbocycles. The molecule has 0 saturated heterocycles. The minimum absolute atomic E-state index is 0. The Morgan fingerprint density at radius 3 is 2.62 bits per heavy atom. The van der Waals surface area contributed by atoms with E-state index < -0.39 is 0 Å². The van der Waals surface area contributed by atoms with Crippen LogP contribution in [0.3, 0.4) is 0 Å². The molecule has 0 bridgehead atoms. The molecule has 0 fully saturated rings. The van der Waals surface area contributed by atoms with Gasteiger partial charge in [0.15, 0.2) is 5.96 Å². The fourth-order valence-electron chi connectivity index (χ4n) is 2.89. The van der Waals surface area contributed by atoms with Gasteiger partial charge in [-0.25, -0.2) is 4.99 Å². The van der Waals surface area contributed by atoms with Crippen LogP contribution in [0.15, 0.2) is 33.8 Å². The summed E-state index contributed by atoms with van der Waals surface area (Å²) in [4.78, 5) is 4.67. The largest absolute Gasteiger partial charge is 0.496 e. The second-order valence-electron chi connectivity index (χ2n) is 6.03. The average Bonchev–Trinajstić information content (AvgIpc) is 2.96. The monoisotopic (exact) mass is 472 g/mol. The number of halogens is 1. The van der Waals surface area contributed by atoms with Crippen LogP contribution in [0, 0.1) is 13.8 Å². The normalized spacial score (nSPS) is 12.3. The van der Waals surface area contributed by atoms with Crippen molar-refractivity contribution in [2.24, 2.45) is 4.99 Å². The van der Waals surface area contributed by atoms with E-state index in [1.54, 1.807) is 7.11 Å². The highest BCUT2D eigenvalue weighted by Gasteiger charge is 2.16. The lowest BCUT2D eigenvalue weighted by Gasteiger charge is -2.16. The van der Waals surface area contributed by atoms with Gasteiger partial charge >= 0.3 is 0 Å². The van der Waals surface area contributed by atoms with Gasteiger partial charge in [-0.2, -0.15) is 0 Å². The van der Waals surface area contributed by atoms with Crippen molar-refractivity contribution < 1.29 is 9.26 Å². The van der Waals surface area contributed by atoms with Gasteiger partial charge in [0.1, 0.15) is 11.5 Å². The molecule has 2 rings (SSSR count). The van der Waals surface area contributed by atoms with E-state index in [1.165, 1.54) is 0 Å². The molecular weight excluding hydrogens is 443 g/mol. The second-order valence-corrected chi connectivity index (χ2v) is 6.03. The van der Waals surface area contributed by atoms with Crippen LogP contribution in [0.4, 0.5) is 0 Å². The number of aromatic nitrogens is 1. The maximum Gasteiger partial charge on any atom is 0.191 e. The van der Waals surface area contributed by atoms with Crippen molar-refractivity contribution in [1.29, 1.82) is 0 Å². The van der Waals surface area contributed by atoms with Crippen molar-refractivity contribution in [3.8, 4) is 5.75 Å². The Morgan fingerprint density at radius 1 is 1.27 bits per heavy atom. The third-order valence-corrected chi connectivity index (χ3v) is 4.10. The summed E-state index contributed by atoms with van der Waals surface area (Å²) in [5.74, 6) is 2.79. The molecule has 0 spiro atoms. The Kier molecular flexibility index (Phi) is 9.47. The van der Waals surface area contributed by atoms with E-state index in [1.807, 2.05) is 38.1 Å². The van der Waals surface area contributed by atoms with E-state index in [9.17, 15) is 0 Å². The number of ether oxygens (including phenoxy) is 1. The first kappa shape index (κ1) is 22.3. The van der Waals surface area contributed by atoms with Gasteiger partial charge in [-0.1, -0.05) is 30.3 Å². The lowest BCUT2D eigenvalue weighted by Crippen LogP contribution is -2.39. The molecule has 1 atom stereocenters. The Hall–Kier alpha value is -1.77. The number of rotatable bonds is 7. The summed E-state index contributed by atoms with van der Waals surface area (Å²) < 4.78 is 10.6. The first-order valence-electron chi connectivity index (χ1n) is 8.63. The summed E-state index contributed by atoms with van der Waals surface area (Å²) in [6.45, 7) is 10.2. The van der Waals surface area contributed by atoms with Gasteiger partial charge in [-0.05, 0) is 26.8 Å². The molecule has 0 saturated carbocycles. The number of hydrogen-bond acceptors (Lipinski definition) is 4. The Morgan fingerprint density at radius 2 is 2.00 bits per heavy atom. The zero-order chi connectivity index (χ0) is 18.2. The third-order valence-electron chi connectivity index (χ3n) is 4.10. The predicted octanol–water partition coefficient (Wildman–Crippen LogP) is 3.78. The molecule has 7 heteroatoms. The molecule has 2 aromatic rings. The average molecular weight is 472 g/mol. The van der Waals surface area contributed by atoms with Crippen LogP contribution in [0.2, 0.25) is 0 Å². The standard InChI is InChI=1S/C19H28N4O2.HI/c1-6-20-19(22-12-16-9-7-8-10-17(16)24-5)21-11-13(2)18-14(3)23-25-15(18)4;/h7-10,13H,6,11-12H2,1-5H3,(H2,20,21,22);1H. The maximum absolute atomic E-state index is 5.38. The second kappa shape index (κ2) is 11.1. The molecule has 144 valence electrons. The predicted molar refractivity (Wildman–Crippen MR) is 116 cm³/mol. The van der Waals surface area contributed by atoms with E-state index in [2.05, 4.69) is 34.6 Å². The Balaban J connectivity index is 0.00000338. The zero-order valence-electron chi connectivity index (χ0n) is 16.1. The molecule has 1 unspecified atom stereocenters. The zero-order valence-corrected chi connectivity index (χ0v) is 18.5. The van der Waals surface area contributed by atoms with E-state index >= 15 is 0 Å². The lowest BCUT2D eigenvalue weighted by atomic mass is 10.00. The van der Waals surface area contributed by atoms with Crippen LogP contribution >= 0.6 is 24.0 Å².